The Morgan fingerprint density at radius 3 is 2.60 bits per heavy atom. The first-order chi connectivity index (χ1) is 6.83. The summed E-state index contributed by atoms with van der Waals surface area (Å²) >= 11 is 5.39. The summed E-state index contributed by atoms with van der Waals surface area (Å²) in [6.07, 6.45) is -4.83. The van der Waals surface area contributed by atoms with Crippen LogP contribution in [0.25, 0.3) is 0 Å². The van der Waals surface area contributed by atoms with Crippen LogP contribution in [0, 0.1) is 6.92 Å². The second-order valence-electron chi connectivity index (χ2n) is 2.79. The zero-order valence-electron chi connectivity index (χ0n) is 7.61. The van der Waals surface area contributed by atoms with Crippen LogP contribution in [0.5, 0.6) is 5.88 Å². The average molecular weight is 242 g/mol. The van der Waals surface area contributed by atoms with Gasteiger partial charge in [-0.05, 0) is 6.92 Å². The lowest BCUT2D eigenvalue weighted by atomic mass is 10.2. The van der Waals surface area contributed by atoms with Crippen LogP contribution in [-0.2, 0) is 5.88 Å². The molecule has 0 unspecified atom stereocenters. The number of H-pyrrole nitrogens is 1. The van der Waals surface area contributed by atoms with E-state index in [4.69, 9.17) is 11.6 Å². The highest BCUT2D eigenvalue weighted by atomic mass is 35.5. The number of alkyl halides is 4. The van der Waals surface area contributed by atoms with Gasteiger partial charge in [-0.2, -0.15) is 0 Å². The number of pyridine rings is 1. The fraction of sp³-hybridized carbons (Fsp3) is 0.375. The Labute approximate surface area is 87.8 Å². The first-order valence-corrected chi connectivity index (χ1v) is 4.41. The molecule has 0 saturated carbocycles. The van der Waals surface area contributed by atoms with Gasteiger partial charge in [0.05, 0.1) is 11.4 Å². The summed E-state index contributed by atoms with van der Waals surface area (Å²) < 4.78 is 39.4. The minimum Gasteiger partial charge on any atom is -0.390 e. The van der Waals surface area contributed by atoms with E-state index in [1.54, 1.807) is 0 Å². The summed E-state index contributed by atoms with van der Waals surface area (Å²) in [5.74, 6) is -0.713. The fourth-order valence-electron chi connectivity index (χ4n) is 0.944. The molecule has 0 radical (unpaired) electrons. The van der Waals surface area contributed by atoms with Gasteiger partial charge in [0.15, 0.2) is 5.43 Å². The molecular weight excluding hydrogens is 235 g/mol. The highest BCUT2D eigenvalue weighted by Crippen LogP contribution is 2.22. The standard InChI is InChI=1S/C8H7ClF3NO2/c1-4-6(14)2-5(3-9)13-7(4)15-8(10,11)12/h2H,3H2,1H3,(H,13,14). The highest BCUT2D eigenvalue weighted by Gasteiger charge is 2.32. The summed E-state index contributed by atoms with van der Waals surface area (Å²) in [7, 11) is 0. The van der Waals surface area contributed by atoms with Crippen molar-refractivity contribution in [1.82, 2.24) is 4.98 Å². The maximum Gasteiger partial charge on any atom is 0.574 e. The topological polar surface area (TPSA) is 42.1 Å². The van der Waals surface area contributed by atoms with Gasteiger partial charge < -0.3 is 9.72 Å². The molecule has 7 heteroatoms. The monoisotopic (exact) mass is 241 g/mol. The van der Waals surface area contributed by atoms with Gasteiger partial charge in [0, 0.05) is 11.8 Å². The Morgan fingerprint density at radius 1 is 1.53 bits per heavy atom. The molecule has 1 rings (SSSR count). The van der Waals surface area contributed by atoms with Gasteiger partial charge in [0.2, 0.25) is 5.88 Å². The normalized spacial score (nSPS) is 11.5. The van der Waals surface area contributed by atoms with Crippen LogP contribution in [0.4, 0.5) is 13.2 Å². The predicted octanol–water partition coefficient (Wildman–Crippen LogP) is 2.32. The van der Waals surface area contributed by atoms with Gasteiger partial charge in [0.1, 0.15) is 0 Å². The third-order valence-electron chi connectivity index (χ3n) is 1.65. The van der Waals surface area contributed by atoms with E-state index < -0.39 is 17.7 Å². The molecule has 0 saturated heterocycles. The molecule has 0 bridgehead atoms. The maximum atomic E-state index is 11.9. The molecule has 1 N–H and O–H groups in total. The molecule has 0 atom stereocenters. The largest absolute Gasteiger partial charge is 0.574 e. The minimum atomic E-state index is -4.83. The number of rotatable bonds is 2. The lowest BCUT2D eigenvalue weighted by Gasteiger charge is -2.11. The molecular formula is C8H7ClF3NO2. The first-order valence-electron chi connectivity index (χ1n) is 3.88. The average Bonchev–Trinajstić information content (AvgIpc) is 2.10. The van der Waals surface area contributed by atoms with Crippen molar-refractivity contribution >= 4 is 11.6 Å². The molecule has 84 valence electrons. The quantitative estimate of drug-likeness (QED) is 0.808. The second kappa shape index (κ2) is 4.14. The lowest BCUT2D eigenvalue weighted by Crippen LogP contribution is -2.21. The van der Waals surface area contributed by atoms with Gasteiger partial charge >= 0.3 is 6.36 Å². The Bertz CT molecular complexity index is 413. The van der Waals surface area contributed by atoms with Gasteiger partial charge in [-0.1, -0.05) is 0 Å². The van der Waals surface area contributed by atoms with Crippen molar-refractivity contribution < 1.29 is 17.9 Å². The molecule has 0 aliphatic carbocycles. The molecule has 0 aliphatic rings. The Morgan fingerprint density at radius 2 is 2.13 bits per heavy atom. The van der Waals surface area contributed by atoms with E-state index in [0.29, 0.717) is 0 Å². The summed E-state index contributed by atoms with van der Waals surface area (Å²) in [4.78, 5) is 13.5. The maximum absolute atomic E-state index is 11.9. The Balaban J connectivity index is 3.17. The first kappa shape index (κ1) is 11.9. The smallest absolute Gasteiger partial charge is 0.390 e. The van der Waals surface area contributed by atoms with E-state index in [0.717, 1.165) is 6.07 Å². The van der Waals surface area contributed by atoms with E-state index in [1.165, 1.54) is 6.92 Å². The van der Waals surface area contributed by atoms with Gasteiger partial charge in [-0.25, -0.2) is 0 Å². The van der Waals surface area contributed by atoms with E-state index >= 15 is 0 Å². The van der Waals surface area contributed by atoms with Crippen molar-refractivity contribution in [2.75, 3.05) is 0 Å². The van der Waals surface area contributed by atoms with Gasteiger partial charge in [-0.3, -0.25) is 4.79 Å². The minimum absolute atomic E-state index is 0.0935. The highest BCUT2D eigenvalue weighted by molar-refractivity contribution is 6.16. The van der Waals surface area contributed by atoms with Crippen molar-refractivity contribution in [3.63, 3.8) is 0 Å². The number of nitrogens with one attached hydrogen (secondary N) is 1. The van der Waals surface area contributed by atoms with Crippen LogP contribution in [-0.4, -0.2) is 11.3 Å². The molecule has 1 aromatic rings. The van der Waals surface area contributed by atoms with E-state index in [9.17, 15) is 18.0 Å². The number of hydrogen-bond acceptors (Lipinski definition) is 2. The molecule has 1 aromatic heterocycles. The number of aromatic nitrogens is 1. The molecule has 0 fully saturated rings. The van der Waals surface area contributed by atoms with Crippen molar-refractivity contribution in [2.24, 2.45) is 0 Å². The summed E-state index contributed by atoms with van der Waals surface area (Å²) in [5, 5.41) is 0. The van der Waals surface area contributed by atoms with Crippen LogP contribution >= 0.6 is 11.6 Å². The number of halogens is 4. The fourth-order valence-corrected chi connectivity index (χ4v) is 1.09. The Hall–Kier alpha value is -1.17. The van der Waals surface area contributed by atoms with E-state index in [2.05, 4.69) is 9.72 Å². The molecule has 1 heterocycles. The van der Waals surface area contributed by atoms with E-state index in [1.807, 2.05) is 0 Å². The zero-order valence-corrected chi connectivity index (χ0v) is 8.37. The molecule has 0 amide bonds. The third-order valence-corrected chi connectivity index (χ3v) is 1.94. The number of aromatic amines is 1. The van der Waals surface area contributed by atoms with Crippen molar-refractivity contribution in [1.29, 1.82) is 0 Å². The predicted molar refractivity (Wildman–Crippen MR) is 48.0 cm³/mol. The SMILES string of the molecule is Cc1c(OC(F)(F)F)[nH]c(CCl)cc1=O. The Kier molecular flexibility index (Phi) is 3.28. The zero-order chi connectivity index (χ0) is 11.6. The molecule has 0 spiro atoms. The van der Waals surface area contributed by atoms with Crippen LogP contribution in [0.3, 0.4) is 0 Å². The summed E-state index contributed by atoms with van der Waals surface area (Å²) in [6.45, 7) is 1.23. The van der Waals surface area contributed by atoms with Gasteiger partial charge in [0.25, 0.3) is 0 Å². The van der Waals surface area contributed by atoms with Crippen LogP contribution in [0.2, 0.25) is 0 Å². The van der Waals surface area contributed by atoms with Crippen LogP contribution in [0.15, 0.2) is 10.9 Å². The molecule has 0 aromatic carbocycles. The van der Waals surface area contributed by atoms with Gasteiger partial charge in [-0.15, -0.1) is 24.8 Å². The lowest BCUT2D eigenvalue weighted by molar-refractivity contribution is -0.276. The third kappa shape index (κ3) is 3.16. The van der Waals surface area contributed by atoms with Crippen molar-refractivity contribution in [3.8, 4) is 5.88 Å². The molecule has 15 heavy (non-hydrogen) atoms. The summed E-state index contributed by atoms with van der Waals surface area (Å²) in [6, 6.07) is 1.13. The molecule has 3 nitrogen and oxygen atoms in total. The second-order valence-corrected chi connectivity index (χ2v) is 3.06. The number of hydrogen-bond donors (Lipinski definition) is 1. The number of ether oxygens (including phenoxy) is 1. The van der Waals surface area contributed by atoms with Crippen LogP contribution < -0.4 is 10.2 Å². The molecule has 0 aliphatic heterocycles. The van der Waals surface area contributed by atoms with Crippen LogP contribution in [0.1, 0.15) is 11.3 Å². The van der Waals surface area contributed by atoms with Crippen molar-refractivity contribution in [2.45, 2.75) is 19.2 Å². The van der Waals surface area contributed by atoms with E-state index in [-0.39, 0.29) is 17.1 Å². The summed E-state index contributed by atoms with van der Waals surface area (Å²) in [5.41, 5.74) is -0.517. The van der Waals surface area contributed by atoms with Crippen molar-refractivity contribution in [3.05, 3.63) is 27.5 Å².